The molecule has 1 aromatic rings. The third-order valence-corrected chi connectivity index (χ3v) is 7.59. The largest absolute Gasteiger partial charge is 0.508 e. The summed E-state index contributed by atoms with van der Waals surface area (Å²) in [5, 5.41) is 44.5. The molecule has 0 spiro atoms. The normalized spacial score (nSPS) is 28.4. The Labute approximate surface area is 214 Å². The molecule has 1 aromatic carbocycles. The number of aliphatic hydroxyl groups is 3. The van der Waals surface area contributed by atoms with Crippen molar-refractivity contribution >= 4 is 23.2 Å². The number of nitrogens with one attached hydrogen (secondary N) is 1. The highest BCUT2D eigenvalue weighted by atomic mass is 16.7. The lowest BCUT2D eigenvalue weighted by atomic mass is 9.57. The fraction of sp³-hybridized carbons (Fsp3) is 0.500. The molecule has 1 amide bonds. The van der Waals surface area contributed by atoms with E-state index in [0.29, 0.717) is 5.56 Å². The zero-order chi connectivity index (χ0) is 27.6. The maximum Gasteiger partial charge on any atom is 0.255 e. The lowest BCUT2D eigenvalue weighted by molar-refractivity contribution is -0.153. The monoisotopic (exact) mass is 515 g/mol. The van der Waals surface area contributed by atoms with Gasteiger partial charge in [0.05, 0.1) is 23.8 Å². The van der Waals surface area contributed by atoms with Crippen molar-refractivity contribution in [2.45, 2.75) is 57.4 Å². The van der Waals surface area contributed by atoms with Crippen LogP contribution in [0.25, 0.3) is 5.76 Å². The number of fused-ring (bicyclic) bond motifs is 3. The Kier molecular flexibility index (Phi) is 6.70. The van der Waals surface area contributed by atoms with Crippen molar-refractivity contribution in [2.75, 3.05) is 14.1 Å². The molecule has 5 atom stereocenters. The number of primary amides is 1. The van der Waals surface area contributed by atoms with E-state index in [1.807, 2.05) is 20.8 Å². The molecule has 1 unspecified atom stereocenters. The van der Waals surface area contributed by atoms with Gasteiger partial charge in [-0.3, -0.25) is 24.1 Å². The number of ketones is 2. The summed E-state index contributed by atoms with van der Waals surface area (Å²) in [7, 11) is 3.12. The number of Topliss-reactive ketones (excluding diaryl/α,β-unsaturated/α-hetero) is 2. The molecule has 200 valence electrons. The summed E-state index contributed by atoms with van der Waals surface area (Å²) in [5.74, 6) is -6.73. The first-order valence-electron chi connectivity index (χ1n) is 12.1. The molecule has 1 saturated carbocycles. The second-order valence-electron chi connectivity index (χ2n) is 10.5. The molecule has 0 heterocycles. The van der Waals surface area contributed by atoms with E-state index in [-0.39, 0.29) is 41.9 Å². The third kappa shape index (κ3) is 3.93. The molecule has 37 heavy (non-hydrogen) atoms. The highest BCUT2D eigenvalue weighted by Gasteiger charge is 2.64. The SMILES string of the molecule is CC(C)ONC(C)c1ccc(O)c2c1C[C@H]1C[C@H]3[C@H](N(C)C)C(=O)C(C(N)=O)=C(O)[C@@]3(O)C(=O)C1=C2O. The first-order valence-corrected chi connectivity index (χ1v) is 12.1. The van der Waals surface area contributed by atoms with E-state index in [2.05, 4.69) is 5.48 Å². The lowest BCUT2D eigenvalue weighted by Gasteiger charge is -2.50. The van der Waals surface area contributed by atoms with E-state index in [1.165, 1.54) is 11.0 Å². The minimum Gasteiger partial charge on any atom is -0.508 e. The standard InChI is InChI=1S/C26H33N3O8/c1-10(2)37-28-11(3)13-6-7-16(30)18-14(13)8-12-9-15-20(29(4)5)22(32)19(25(27)35)24(34)26(15,36)23(33)17(12)21(18)31/h6-7,10-12,15,20,28,30-31,34,36H,8-9H2,1-5H3,(H2,27,35)/t11?,12-,15-,20-,26-/m0/s1. The fourth-order valence-electron chi connectivity index (χ4n) is 5.98. The van der Waals surface area contributed by atoms with Gasteiger partial charge in [0.2, 0.25) is 5.78 Å². The fourth-order valence-corrected chi connectivity index (χ4v) is 5.98. The van der Waals surface area contributed by atoms with Gasteiger partial charge in [0.25, 0.3) is 5.91 Å². The molecular formula is C26H33N3O8. The molecule has 0 bridgehead atoms. The summed E-state index contributed by atoms with van der Waals surface area (Å²) in [6, 6.07) is 1.64. The number of hydrogen-bond donors (Lipinski definition) is 6. The summed E-state index contributed by atoms with van der Waals surface area (Å²) in [4.78, 5) is 46.0. The number of aliphatic hydroxyl groups excluding tert-OH is 2. The Hall–Kier alpha value is -3.25. The number of benzene rings is 1. The molecule has 3 aliphatic rings. The molecule has 3 aliphatic carbocycles. The van der Waals surface area contributed by atoms with Crippen molar-refractivity contribution < 1.29 is 39.6 Å². The van der Waals surface area contributed by atoms with Crippen LogP contribution in [0.15, 0.2) is 29.0 Å². The molecule has 7 N–H and O–H groups in total. The van der Waals surface area contributed by atoms with Gasteiger partial charge in [0.1, 0.15) is 22.8 Å². The summed E-state index contributed by atoms with van der Waals surface area (Å²) in [6.07, 6.45) is 0.152. The van der Waals surface area contributed by atoms with Crippen molar-refractivity contribution in [1.29, 1.82) is 0 Å². The number of hydroxylamine groups is 1. The second kappa shape index (κ2) is 9.25. The van der Waals surface area contributed by atoms with Crippen LogP contribution in [0, 0.1) is 11.8 Å². The molecule has 4 rings (SSSR count). The van der Waals surface area contributed by atoms with E-state index in [9.17, 15) is 34.8 Å². The lowest BCUT2D eigenvalue weighted by Crippen LogP contribution is -2.65. The van der Waals surface area contributed by atoms with Gasteiger partial charge < -0.3 is 26.2 Å². The number of phenolic OH excluding ortho intramolecular Hbond substituents is 1. The van der Waals surface area contributed by atoms with E-state index < -0.39 is 58.0 Å². The molecule has 1 fully saturated rings. The molecule has 11 nitrogen and oxygen atoms in total. The summed E-state index contributed by atoms with van der Waals surface area (Å²) in [6.45, 7) is 5.58. The van der Waals surface area contributed by atoms with Crippen LogP contribution < -0.4 is 11.2 Å². The Balaban J connectivity index is 1.90. The van der Waals surface area contributed by atoms with Gasteiger partial charge >= 0.3 is 0 Å². The molecular weight excluding hydrogens is 482 g/mol. The van der Waals surface area contributed by atoms with Gasteiger partial charge in [-0.05, 0) is 70.8 Å². The Bertz CT molecular complexity index is 1250. The van der Waals surface area contributed by atoms with E-state index >= 15 is 0 Å². The van der Waals surface area contributed by atoms with Crippen molar-refractivity contribution in [3.8, 4) is 5.75 Å². The molecule has 11 heteroatoms. The van der Waals surface area contributed by atoms with Crippen LogP contribution in [-0.2, 0) is 25.6 Å². The van der Waals surface area contributed by atoms with Crippen molar-refractivity contribution in [3.63, 3.8) is 0 Å². The summed E-state index contributed by atoms with van der Waals surface area (Å²) < 4.78 is 0. The van der Waals surface area contributed by atoms with Crippen LogP contribution in [0.3, 0.4) is 0 Å². The van der Waals surface area contributed by atoms with Crippen LogP contribution in [0.4, 0.5) is 0 Å². The quantitative estimate of drug-likeness (QED) is 0.236. The zero-order valence-corrected chi connectivity index (χ0v) is 21.4. The smallest absolute Gasteiger partial charge is 0.255 e. The number of hydrogen-bond acceptors (Lipinski definition) is 10. The van der Waals surface area contributed by atoms with E-state index in [4.69, 9.17) is 10.6 Å². The number of aromatic hydroxyl groups is 1. The first-order chi connectivity index (χ1) is 17.2. The Morgan fingerprint density at radius 1 is 1.19 bits per heavy atom. The Morgan fingerprint density at radius 3 is 2.41 bits per heavy atom. The van der Waals surface area contributed by atoms with Gasteiger partial charge in [-0.15, -0.1) is 0 Å². The zero-order valence-electron chi connectivity index (χ0n) is 21.4. The van der Waals surface area contributed by atoms with Crippen molar-refractivity contribution in [2.24, 2.45) is 17.6 Å². The van der Waals surface area contributed by atoms with E-state index in [1.54, 1.807) is 20.2 Å². The predicted octanol–water partition coefficient (Wildman–Crippen LogP) is 0.955. The van der Waals surface area contributed by atoms with Crippen molar-refractivity contribution in [1.82, 2.24) is 10.4 Å². The number of nitrogens with zero attached hydrogens (tertiary/aromatic N) is 1. The highest BCUT2D eigenvalue weighted by Crippen LogP contribution is 2.53. The summed E-state index contributed by atoms with van der Waals surface area (Å²) >= 11 is 0. The maximum atomic E-state index is 13.8. The number of rotatable bonds is 6. The van der Waals surface area contributed by atoms with Gasteiger partial charge in [-0.1, -0.05) is 6.07 Å². The number of nitrogens with two attached hydrogens (primary N) is 1. The van der Waals surface area contributed by atoms with Crippen molar-refractivity contribution in [3.05, 3.63) is 45.7 Å². The molecule has 0 aromatic heterocycles. The van der Waals surface area contributed by atoms with Gasteiger partial charge in [0.15, 0.2) is 11.4 Å². The minimum absolute atomic E-state index is 0.0329. The number of likely N-dealkylation sites (N-methyl/N-ethyl adjacent to an activating group) is 1. The average Bonchev–Trinajstić information content (AvgIpc) is 2.79. The molecule has 0 aliphatic heterocycles. The summed E-state index contributed by atoms with van der Waals surface area (Å²) in [5.41, 5.74) is 5.98. The van der Waals surface area contributed by atoms with Gasteiger partial charge in [-0.2, -0.15) is 5.48 Å². The van der Waals surface area contributed by atoms with Crippen LogP contribution in [0.2, 0.25) is 0 Å². The predicted molar refractivity (Wildman–Crippen MR) is 132 cm³/mol. The molecule has 0 saturated heterocycles. The average molecular weight is 516 g/mol. The van der Waals surface area contributed by atoms with Crippen LogP contribution >= 0.6 is 0 Å². The van der Waals surface area contributed by atoms with Crippen LogP contribution in [0.5, 0.6) is 5.75 Å². The van der Waals surface area contributed by atoms with Gasteiger partial charge in [-0.25, -0.2) is 0 Å². The highest BCUT2D eigenvalue weighted by molar-refractivity contribution is 6.24. The van der Waals surface area contributed by atoms with E-state index in [0.717, 1.165) is 5.56 Å². The molecule has 0 radical (unpaired) electrons. The number of carbonyl (C=O) groups excluding carboxylic acids is 3. The maximum absolute atomic E-state index is 13.8. The van der Waals surface area contributed by atoms with Gasteiger partial charge in [0, 0.05) is 11.5 Å². The van der Waals surface area contributed by atoms with Crippen LogP contribution in [0.1, 0.15) is 49.9 Å². The number of amides is 1. The minimum atomic E-state index is -2.66. The first kappa shape index (κ1) is 26.8. The topological polar surface area (TPSA) is 183 Å². The third-order valence-electron chi connectivity index (χ3n) is 7.59. The number of phenols is 1. The Morgan fingerprint density at radius 2 is 1.84 bits per heavy atom. The number of carbonyl (C=O) groups is 3. The second-order valence-corrected chi connectivity index (χ2v) is 10.5. The van der Waals surface area contributed by atoms with Crippen LogP contribution in [-0.4, -0.2) is 74.6 Å².